The van der Waals surface area contributed by atoms with Gasteiger partial charge in [-0.25, -0.2) is 0 Å². The minimum Gasteiger partial charge on any atom is -0.319 e. The smallest absolute Gasteiger partial charge is 0.198 e. The van der Waals surface area contributed by atoms with Crippen molar-refractivity contribution in [2.45, 2.75) is 19.9 Å². The molecule has 0 spiro atoms. The van der Waals surface area contributed by atoms with Gasteiger partial charge in [0.2, 0.25) is 0 Å². The van der Waals surface area contributed by atoms with Crippen LogP contribution >= 0.6 is 35.4 Å². The van der Waals surface area contributed by atoms with Gasteiger partial charge in [0.1, 0.15) is 0 Å². The number of nitrogens with zero attached hydrogens (tertiary/aromatic N) is 2. The first-order valence-corrected chi connectivity index (χ1v) is 10.1. The van der Waals surface area contributed by atoms with Crippen LogP contribution in [0.25, 0.3) is 11.1 Å². The van der Waals surface area contributed by atoms with Crippen LogP contribution in [0.1, 0.15) is 31.0 Å². The Kier molecular flexibility index (Phi) is 4.82. The quantitative estimate of drug-likeness (QED) is 0.577. The number of rotatable bonds is 3. The van der Waals surface area contributed by atoms with Crippen LogP contribution in [-0.4, -0.2) is 14.9 Å². The monoisotopic (exact) mass is 428 g/mol. The highest BCUT2D eigenvalue weighted by molar-refractivity contribution is 7.71. The molecule has 3 nitrogen and oxygen atoms in total. The molecule has 0 atom stereocenters. The molecule has 0 saturated heterocycles. The summed E-state index contributed by atoms with van der Waals surface area (Å²) in [6, 6.07) is 14.8. The summed E-state index contributed by atoms with van der Waals surface area (Å²) in [6.07, 6.45) is 0. The maximum Gasteiger partial charge on any atom is 0.198 e. The number of hydrogen-bond acceptors (Lipinski definition) is 2. The van der Waals surface area contributed by atoms with Gasteiger partial charge in [0.15, 0.2) is 10.6 Å². The number of benzene rings is 2. The Hall–Kier alpha value is -2.14. The van der Waals surface area contributed by atoms with Crippen LogP contribution in [-0.2, 0) is 11.8 Å². The second-order valence-corrected chi connectivity index (χ2v) is 8.33. The molecule has 0 radical (unpaired) electrons. The molecule has 1 heterocycles. The molecular weight excluding hydrogens is 411 g/mol. The van der Waals surface area contributed by atoms with E-state index >= 15 is 0 Å². The summed E-state index contributed by atoms with van der Waals surface area (Å²) >= 11 is 17.8. The molecule has 1 aromatic heterocycles. The molecule has 6 heteroatoms. The number of imidazole rings is 1. The summed E-state index contributed by atoms with van der Waals surface area (Å²) in [5.41, 5.74) is 2.95. The molecule has 1 aliphatic rings. The molecule has 1 aliphatic carbocycles. The predicted molar refractivity (Wildman–Crippen MR) is 117 cm³/mol. The summed E-state index contributed by atoms with van der Waals surface area (Å²) in [4.78, 5) is 13.6. The second-order valence-electron chi connectivity index (χ2n) is 7.10. The summed E-state index contributed by atoms with van der Waals surface area (Å²) < 4.78 is 4.66. The van der Waals surface area contributed by atoms with Crippen LogP contribution in [0.4, 0.5) is 0 Å². The molecule has 0 unspecified atom stereocenters. The predicted octanol–water partition coefficient (Wildman–Crippen LogP) is 4.42. The van der Waals surface area contributed by atoms with Crippen molar-refractivity contribution in [1.82, 2.24) is 9.13 Å². The van der Waals surface area contributed by atoms with Crippen LogP contribution in [0.3, 0.4) is 0 Å². The average molecular weight is 429 g/mol. The van der Waals surface area contributed by atoms with Gasteiger partial charge in [0, 0.05) is 23.1 Å². The normalized spacial score (nSPS) is 13.6. The van der Waals surface area contributed by atoms with Crippen LogP contribution in [0, 0.1) is 4.77 Å². The minimum atomic E-state index is -0.0188. The molecule has 0 amide bonds. The molecule has 0 aliphatic heterocycles. The van der Waals surface area contributed by atoms with Crippen LogP contribution < -0.4 is 10.7 Å². The number of aromatic nitrogens is 2. The third-order valence-corrected chi connectivity index (χ3v) is 5.98. The van der Waals surface area contributed by atoms with Crippen molar-refractivity contribution in [3.63, 3.8) is 0 Å². The zero-order chi connectivity index (χ0) is 20.2. The zero-order valence-corrected chi connectivity index (χ0v) is 18.0. The highest BCUT2D eigenvalue weighted by atomic mass is 35.5. The van der Waals surface area contributed by atoms with Crippen LogP contribution in [0.15, 0.2) is 48.5 Å². The van der Waals surface area contributed by atoms with Crippen molar-refractivity contribution >= 4 is 52.3 Å². The Morgan fingerprint density at radius 3 is 1.68 bits per heavy atom. The lowest BCUT2D eigenvalue weighted by Gasteiger charge is -2.11. The van der Waals surface area contributed by atoms with Gasteiger partial charge in [0.25, 0.3) is 0 Å². The zero-order valence-electron chi connectivity index (χ0n) is 15.7. The fraction of sp³-hybridized carbons (Fsp3) is 0.182. The number of ketones is 1. The van der Waals surface area contributed by atoms with E-state index in [4.69, 9.17) is 35.4 Å². The number of hydrogen-bond donors (Lipinski definition) is 0. The van der Waals surface area contributed by atoms with Gasteiger partial charge >= 0.3 is 0 Å². The first kappa shape index (κ1) is 19.2. The summed E-state index contributed by atoms with van der Waals surface area (Å²) in [6.45, 7) is 4.14. The SMILES string of the molecule is CC(C)n1c2c(n(C)c1=S)=C(c1ccc(Cl)cc1)C(=O)C=2c1ccc(Cl)cc1. The molecule has 0 saturated carbocycles. The van der Waals surface area contributed by atoms with E-state index in [0.717, 1.165) is 21.8 Å². The van der Waals surface area contributed by atoms with Crippen molar-refractivity contribution in [3.05, 3.63) is 85.2 Å². The molecule has 0 fully saturated rings. The second kappa shape index (κ2) is 7.03. The Bertz CT molecular complexity index is 1280. The largest absolute Gasteiger partial charge is 0.319 e. The van der Waals surface area contributed by atoms with Gasteiger partial charge in [-0.05, 0) is 61.5 Å². The fourth-order valence-corrected chi connectivity index (χ4v) is 4.38. The van der Waals surface area contributed by atoms with E-state index in [0.29, 0.717) is 26.0 Å². The summed E-state index contributed by atoms with van der Waals surface area (Å²) in [5.74, 6) is -0.0188. The van der Waals surface area contributed by atoms with Gasteiger partial charge in [-0.3, -0.25) is 4.79 Å². The van der Waals surface area contributed by atoms with Crippen LogP contribution in [0.5, 0.6) is 0 Å². The average Bonchev–Trinajstić information content (AvgIpc) is 3.08. The molecule has 142 valence electrons. The van der Waals surface area contributed by atoms with Crippen molar-refractivity contribution in [2.24, 2.45) is 7.05 Å². The Balaban J connectivity index is 2.19. The fourth-order valence-electron chi connectivity index (χ4n) is 3.74. The van der Waals surface area contributed by atoms with E-state index in [9.17, 15) is 4.79 Å². The number of carbonyl (C=O) groups is 1. The van der Waals surface area contributed by atoms with Crippen molar-refractivity contribution in [2.75, 3.05) is 0 Å². The standard InChI is InChI=1S/C22H18Cl2N2OS/c1-12(2)26-20-18(14-6-10-16(24)11-7-14)21(27)17(19(20)25(3)22(26)28)13-4-8-15(23)9-5-13/h4-12H,1-3H3. The third-order valence-electron chi connectivity index (χ3n) is 5.00. The van der Waals surface area contributed by atoms with Gasteiger partial charge < -0.3 is 9.13 Å². The summed E-state index contributed by atoms with van der Waals surface area (Å²) in [5, 5.41) is 2.96. The Morgan fingerprint density at radius 1 is 0.821 bits per heavy atom. The van der Waals surface area contributed by atoms with Gasteiger partial charge in [0.05, 0.1) is 21.8 Å². The van der Waals surface area contributed by atoms with E-state index in [1.165, 1.54) is 0 Å². The maximum atomic E-state index is 13.6. The van der Waals surface area contributed by atoms with Crippen molar-refractivity contribution in [3.8, 4) is 0 Å². The Labute approximate surface area is 178 Å². The number of halogens is 2. The highest BCUT2D eigenvalue weighted by Crippen LogP contribution is 2.26. The molecule has 2 aromatic carbocycles. The van der Waals surface area contributed by atoms with Gasteiger partial charge in [-0.15, -0.1) is 0 Å². The lowest BCUT2D eigenvalue weighted by Crippen LogP contribution is -2.33. The maximum absolute atomic E-state index is 13.6. The lowest BCUT2D eigenvalue weighted by molar-refractivity contribution is -0.108. The number of fused-ring (bicyclic) bond motifs is 1. The van der Waals surface area contributed by atoms with E-state index in [2.05, 4.69) is 18.4 Å². The van der Waals surface area contributed by atoms with E-state index in [1.54, 1.807) is 24.3 Å². The molecule has 3 aromatic rings. The first-order chi connectivity index (χ1) is 13.3. The van der Waals surface area contributed by atoms with Gasteiger partial charge in [-0.1, -0.05) is 47.5 Å². The topological polar surface area (TPSA) is 26.9 Å². The lowest BCUT2D eigenvalue weighted by atomic mass is 9.97. The molecule has 0 N–H and O–H groups in total. The highest BCUT2D eigenvalue weighted by Gasteiger charge is 2.30. The van der Waals surface area contributed by atoms with Crippen molar-refractivity contribution in [1.29, 1.82) is 0 Å². The third kappa shape index (κ3) is 2.87. The Morgan fingerprint density at radius 2 is 1.25 bits per heavy atom. The van der Waals surface area contributed by atoms with E-state index in [-0.39, 0.29) is 11.8 Å². The molecular formula is C22H18Cl2N2OS. The van der Waals surface area contributed by atoms with E-state index < -0.39 is 0 Å². The first-order valence-electron chi connectivity index (χ1n) is 8.93. The number of carbonyl (C=O) groups excluding carboxylic acids is 1. The van der Waals surface area contributed by atoms with Crippen LogP contribution in [0.2, 0.25) is 10.0 Å². The minimum absolute atomic E-state index is 0.0188. The van der Waals surface area contributed by atoms with Crippen molar-refractivity contribution < 1.29 is 4.79 Å². The molecule has 4 rings (SSSR count). The van der Waals surface area contributed by atoms with Gasteiger partial charge in [-0.2, -0.15) is 0 Å². The van der Waals surface area contributed by atoms with E-state index in [1.807, 2.05) is 35.9 Å². The summed E-state index contributed by atoms with van der Waals surface area (Å²) in [7, 11) is 1.91. The molecule has 28 heavy (non-hydrogen) atoms. The number of Topliss-reactive ketones (excluding diaryl/α,β-unsaturated/α-hetero) is 1. The molecule has 0 bridgehead atoms.